The SMILES string of the molecule is CC1(C)c2c(-c3ccc(-c4ccc(-c5cc(-c6cccc7ccccc67)nc(-c6ccccc6)n5)c5ccccc45)cc3)cccc2-c2ccc3ccccc3c21. The van der Waals surface area contributed by atoms with Crippen LogP contribution in [0, 0.1) is 0 Å². The minimum Gasteiger partial charge on any atom is -0.228 e. The van der Waals surface area contributed by atoms with Crippen molar-refractivity contribution in [1.29, 1.82) is 0 Å². The van der Waals surface area contributed by atoms with Gasteiger partial charge in [0.05, 0.1) is 11.4 Å². The summed E-state index contributed by atoms with van der Waals surface area (Å²) < 4.78 is 0. The molecule has 0 unspecified atom stereocenters. The summed E-state index contributed by atoms with van der Waals surface area (Å²) in [5, 5.41) is 7.36. The quantitative estimate of drug-likeness (QED) is 0.176. The molecule has 1 aliphatic carbocycles. The lowest BCUT2D eigenvalue weighted by Crippen LogP contribution is -2.16. The molecular weight excluding hydrogens is 689 g/mol. The van der Waals surface area contributed by atoms with Crippen LogP contribution in [0.2, 0.25) is 0 Å². The maximum atomic E-state index is 5.24. The zero-order chi connectivity index (χ0) is 38.1. The zero-order valence-electron chi connectivity index (χ0n) is 31.9. The van der Waals surface area contributed by atoms with Crippen molar-refractivity contribution < 1.29 is 0 Å². The van der Waals surface area contributed by atoms with Crippen molar-refractivity contribution in [1.82, 2.24) is 9.97 Å². The average molecular weight is 727 g/mol. The first-order valence-electron chi connectivity index (χ1n) is 19.7. The highest BCUT2D eigenvalue weighted by molar-refractivity contribution is 6.06. The summed E-state index contributed by atoms with van der Waals surface area (Å²) in [4.78, 5) is 10.4. The third-order valence-corrected chi connectivity index (χ3v) is 12.1. The molecule has 1 aromatic heterocycles. The Bertz CT molecular complexity index is 3190. The molecule has 11 rings (SSSR count). The first kappa shape index (κ1) is 33.2. The van der Waals surface area contributed by atoms with Gasteiger partial charge in [0.2, 0.25) is 0 Å². The highest BCUT2D eigenvalue weighted by atomic mass is 14.9. The summed E-state index contributed by atoms with van der Waals surface area (Å²) in [5.41, 5.74) is 15.3. The Hall–Kier alpha value is -7.16. The second kappa shape index (κ2) is 13.0. The Morgan fingerprint density at radius 2 is 0.789 bits per heavy atom. The molecule has 0 N–H and O–H groups in total. The van der Waals surface area contributed by atoms with Crippen LogP contribution in [0.1, 0.15) is 25.0 Å². The molecule has 0 amide bonds. The molecule has 9 aromatic carbocycles. The van der Waals surface area contributed by atoms with Crippen LogP contribution in [0.15, 0.2) is 194 Å². The van der Waals surface area contributed by atoms with E-state index in [1.165, 1.54) is 71.4 Å². The van der Waals surface area contributed by atoms with Crippen LogP contribution in [0.25, 0.3) is 99.6 Å². The fraction of sp³-hybridized carbons (Fsp3) is 0.0545. The molecular formula is C55H38N2. The predicted octanol–water partition coefficient (Wildman–Crippen LogP) is 14.6. The summed E-state index contributed by atoms with van der Waals surface area (Å²) in [6.07, 6.45) is 0. The number of aromatic nitrogens is 2. The largest absolute Gasteiger partial charge is 0.228 e. The van der Waals surface area contributed by atoms with Gasteiger partial charge in [-0.2, -0.15) is 0 Å². The topological polar surface area (TPSA) is 25.8 Å². The maximum absolute atomic E-state index is 5.24. The van der Waals surface area contributed by atoms with E-state index in [1.807, 2.05) is 18.2 Å². The number of hydrogen-bond donors (Lipinski definition) is 0. The maximum Gasteiger partial charge on any atom is 0.160 e. The summed E-state index contributed by atoms with van der Waals surface area (Å²) in [6, 6.07) is 70.0. The lowest BCUT2D eigenvalue weighted by atomic mass is 9.77. The highest BCUT2D eigenvalue weighted by Crippen LogP contribution is 2.54. The average Bonchev–Trinajstić information content (AvgIpc) is 3.52. The van der Waals surface area contributed by atoms with E-state index in [-0.39, 0.29) is 5.41 Å². The molecule has 2 heteroatoms. The summed E-state index contributed by atoms with van der Waals surface area (Å²) in [7, 11) is 0. The number of rotatable bonds is 5. The number of nitrogens with zero attached hydrogens (tertiary/aromatic N) is 2. The molecule has 1 aliphatic rings. The van der Waals surface area contributed by atoms with Gasteiger partial charge in [-0.3, -0.25) is 0 Å². The molecule has 2 nitrogen and oxygen atoms in total. The van der Waals surface area contributed by atoms with Crippen molar-refractivity contribution in [3.8, 4) is 67.3 Å². The van der Waals surface area contributed by atoms with Crippen LogP contribution in [0.3, 0.4) is 0 Å². The van der Waals surface area contributed by atoms with Crippen LogP contribution in [0.4, 0.5) is 0 Å². The lowest BCUT2D eigenvalue weighted by Gasteiger charge is -2.26. The van der Waals surface area contributed by atoms with Crippen molar-refractivity contribution in [3.05, 3.63) is 205 Å². The highest BCUT2D eigenvalue weighted by Gasteiger charge is 2.38. The monoisotopic (exact) mass is 726 g/mol. The van der Waals surface area contributed by atoms with Gasteiger partial charge in [0, 0.05) is 22.1 Å². The molecule has 0 fully saturated rings. The van der Waals surface area contributed by atoms with Gasteiger partial charge in [-0.25, -0.2) is 9.97 Å². The molecule has 0 aliphatic heterocycles. The number of fused-ring (bicyclic) bond motifs is 7. The summed E-state index contributed by atoms with van der Waals surface area (Å²) >= 11 is 0. The van der Waals surface area contributed by atoms with Gasteiger partial charge in [0.15, 0.2) is 5.82 Å². The molecule has 0 atom stereocenters. The molecule has 0 spiro atoms. The molecule has 0 saturated heterocycles. The minimum atomic E-state index is -0.137. The Balaban J connectivity index is 1.02. The molecule has 0 saturated carbocycles. The number of hydrogen-bond acceptors (Lipinski definition) is 2. The molecule has 1 heterocycles. The van der Waals surface area contributed by atoms with Gasteiger partial charge in [-0.15, -0.1) is 0 Å². The van der Waals surface area contributed by atoms with Crippen LogP contribution >= 0.6 is 0 Å². The van der Waals surface area contributed by atoms with Gasteiger partial charge < -0.3 is 0 Å². The molecule has 57 heavy (non-hydrogen) atoms. The van der Waals surface area contributed by atoms with E-state index in [0.717, 1.165) is 33.5 Å². The predicted molar refractivity (Wildman–Crippen MR) is 239 cm³/mol. The van der Waals surface area contributed by atoms with E-state index in [1.54, 1.807) is 0 Å². The fourth-order valence-corrected chi connectivity index (χ4v) is 9.48. The minimum absolute atomic E-state index is 0.137. The number of benzene rings is 9. The summed E-state index contributed by atoms with van der Waals surface area (Å²) in [6.45, 7) is 4.78. The molecule has 10 aromatic rings. The Labute approximate surface area is 332 Å². The van der Waals surface area contributed by atoms with Crippen molar-refractivity contribution in [2.75, 3.05) is 0 Å². The fourth-order valence-electron chi connectivity index (χ4n) is 9.48. The van der Waals surface area contributed by atoms with E-state index >= 15 is 0 Å². The van der Waals surface area contributed by atoms with E-state index < -0.39 is 0 Å². The van der Waals surface area contributed by atoms with Gasteiger partial charge in [-0.05, 0) is 82.9 Å². The van der Waals surface area contributed by atoms with Gasteiger partial charge in [0.25, 0.3) is 0 Å². The van der Waals surface area contributed by atoms with Crippen LogP contribution in [-0.2, 0) is 5.41 Å². The van der Waals surface area contributed by atoms with Crippen LogP contribution in [0.5, 0.6) is 0 Å². The zero-order valence-corrected chi connectivity index (χ0v) is 31.9. The Kier molecular flexibility index (Phi) is 7.55. The summed E-state index contributed by atoms with van der Waals surface area (Å²) in [5.74, 6) is 0.714. The Morgan fingerprint density at radius 1 is 0.316 bits per heavy atom. The van der Waals surface area contributed by atoms with E-state index in [2.05, 4.69) is 190 Å². The van der Waals surface area contributed by atoms with Gasteiger partial charge in [0.1, 0.15) is 0 Å². The first-order chi connectivity index (χ1) is 28.0. The third kappa shape index (κ3) is 5.33. The first-order valence-corrected chi connectivity index (χ1v) is 19.7. The molecule has 0 bridgehead atoms. The van der Waals surface area contributed by atoms with Gasteiger partial charge >= 0.3 is 0 Å². The van der Waals surface area contributed by atoms with Crippen molar-refractivity contribution in [2.45, 2.75) is 19.3 Å². The van der Waals surface area contributed by atoms with Crippen molar-refractivity contribution in [3.63, 3.8) is 0 Å². The van der Waals surface area contributed by atoms with E-state index in [0.29, 0.717) is 5.82 Å². The van der Waals surface area contributed by atoms with Crippen molar-refractivity contribution >= 4 is 32.3 Å². The van der Waals surface area contributed by atoms with E-state index in [4.69, 9.17) is 9.97 Å². The lowest BCUT2D eigenvalue weighted by molar-refractivity contribution is 0.668. The van der Waals surface area contributed by atoms with Crippen LogP contribution < -0.4 is 0 Å². The second-order valence-corrected chi connectivity index (χ2v) is 15.7. The van der Waals surface area contributed by atoms with E-state index in [9.17, 15) is 0 Å². The van der Waals surface area contributed by atoms with Crippen molar-refractivity contribution in [2.24, 2.45) is 0 Å². The molecule has 268 valence electrons. The normalized spacial score (nSPS) is 12.9. The standard InChI is InChI=1S/C55H38N2/c1-55(2)52-43(23-13-25-48(52)49-31-30-36-15-7-9-20-42(36)53(49)55)38-28-26-37(27-29-38)41-32-33-47(45-22-11-10-21-44(41)45)51-34-50(56-54(57-51)39-16-4-3-5-17-39)46-24-12-18-35-14-6-8-19-40(35)46/h3-34H,1-2H3. The Morgan fingerprint density at radius 3 is 1.53 bits per heavy atom. The second-order valence-electron chi connectivity index (χ2n) is 15.7. The molecule has 0 radical (unpaired) electrons. The third-order valence-electron chi connectivity index (χ3n) is 12.1. The van der Waals surface area contributed by atoms with Crippen LogP contribution in [-0.4, -0.2) is 9.97 Å². The van der Waals surface area contributed by atoms with Gasteiger partial charge in [-0.1, -0.05) is 202 Å². The smallest absolute Gasteiger partial charge is 0.160 e.